The number of urea groups is 1. The van der Waals surface area contributed by atoms with E-state index in [1.54, 1.807) is 14.1 Å². The zero-order valence-electron chi connectivity index (χ0n) is 11.4. The lowest BCUT2D eigenvalue weighted by Gasteiger charge is -2.11. The maximum Gasteiger partial charge on any atom is 0.316 e. The summed E-state index contributed by atoms with van der Waals surface area (Å²) < 4.78 is 1.95. The number of aryl methyl sites for hydroxylation is 1. The number of carbonyl (C=O) groups excluding carboxylic acids is 1. The Labute approximate surface area is 108 Å². The molecule has 6 nitrogen and oxygen atoms in total. The summed E-state index contributed by atoms with van der Waals surface area (Å²) in [6.07, 6.45) is 5.01. The Bertz CT molecular complexity index is 361. The second-order valence-electron chi connectivity index (χ2n) is 4.41. The van der Waals surface area contributed by atoms with Crippen LogP contribution >= 0.6 is 0 Å². The molecule has 1 rings (SSSR count). The Morgan fingerprint density at radius 3 is 2.89 bits per heavy atom. The van der Waals surface area contributed by atoms with Gasteiger partial charge in [-0.05, 0) is 6.42 Å². The molecule has 0 aliphatic carbocycles. The fourth-order valence-corrected chi connectivity index (χ4v) is 1.50. The van der Waals surface area contributed by atoms with Crippen LogP contribution in [0.2, 0.25) is 0 Å². The third-order valence-corrected chi connectivity index (χ3v) is 2.45. The molecular formula is C12H23N5O. The van der Waals surface area contributed by atoms with Crippen LogP contribution in [0.25, 0.3) is 0 Å². The number of nitrogens with zero attached hydrogens (tertiary/aromatic N) is 3. The standard InChI is InChI=1S/C12H23N5O/c1-4-7-17-10-11(9-15-17)8-13-5-6-14-12(18)16(2)3/h9-10,13H,4-8H2,1-3H3,(H,14,18). The number of hydrogen-bond acceptors (Lipinski definition) is 3. The van der Waals surface area contributed by atoms with E-state index in [1.165, 1.54) is 10.5 Å². The van der Waals surface area contributed by atoms with Crippen molar-refractivity contribution in [3.63, 3.8) is 0 Å². The van der Waals surface area contributed by atoms with Gasteiger partial charge < -0.3 is 15.5 Å². The predicted molar refractivity (Wildman–Crippen MR) is 71.3 cm³/mol. The van der Waals surface area contributed by atoms with Crippen molar-refractivity contribution < 1.29 is 4.79 Å². The van der Waals surface area contributed by atoms with Crippen molar-refractivity contribution in [2.24, 2.45) is 0 Å². The summed E-state index contributed by atoms with van der Waals surface area (Å²) in [6, 6.07) is -0.0624. The van der Waals surface area contributed by atoms with Crippen molar-refractivity contribution in [1.82, 2.24) is 25.3 Å². The summed E-state index contributed by atoms with van der Waals surface area (Å²) in [6.45, 7) is 5.24. The van der Waals surface area contributed by atoms with Crippen LogP contribution in [0.3, 0.4) is 0 Å². The van der Waals surface area contributed by atoms with Gasteiger partial charge >= 0.3 is 6.03 Å². The molecule has 0 fully saturated rings. The van der Waals surface area contributed by atoms with Gasteiger partial charge in [0, 0.05) is 52.0 Å². The molecule has 6 heteroatoms. The summed E-state index contributed by atoms with van der Waals surface area (Å²) in [7, 11) is 3.45. The monoisotopic (exact) mass is 253 g/mol. The highest BCUT2D eigenvalue weighted by Crippen LogP contribution is 1.97. The van der Waals surface area contributed by atoms with E-state index >= 15 is 0 Å². The van der Waals surface area contributed by atoms with Gasteiger partial charge in [-0.15, -0.1) is 0 Å². The summed E-state index contributed by atoms with van der Waals surface area (Å²) in [5.74, 6) is 0. The van der Waals surface area contributed by atoms with E-state index < -0.39 is 0 Å². The van der Waals surface area contributed by atoms with E-state index in [2.05, 4.69) is 28.9 Å². The van der Waals surface area contributed by atoms with E-state index in [1.807, 2.05) is 10.9 Å². The van der Waals surface area contributed by atoms with Crippen LogP contribution < -0.4 is 10.6 Å². The second kappa shape index (κ2) is 7.71. The number of amides is 2. The smallest absolute Gasteiger partial charge is 0.316 e. The number of rotatable bonds is 7. The van der Waals surface area contributed by atoms with Gasteiger partial charge in [0.1, 0.15) is 0 Å². The lowest BCUT2D eigenvalue weighted by atomic mass is 10.3. The molecule has 0 atom stereocenters. The minimum atomic E-state index is -0.0624. The average molecular weight is 253 g/mol. The number of aromatic nitrogens is 2. The fourth-order valence-electron chi connectivity index (χ4n) is 1.50. The largest absolute Gasteiger partial charge is 0.337 e. The van der Waals surface area contributed by atoms with Gasteiger partial charge in [0.2, 0.25) is 0 Å². The van der Waals surface area contributed by atoms with E-state index in [0.717, 1.165) is 26.1 Å². The molecule has 0 aliphatic heterocycles. The van der Waals surface area contributed by atoms with Crippen LogP contribution in [-0.4, -0.2) is 47.9 Å². The molecule has 0 aliphatic rings. The van der Waals surface area contributed by atoms with E-state index in [0.29, 0.717) is 6.54 Å². The molecule has 102 valence electrons. The highest BCUT2D eigenvalue weighted by atomic mass is 16.2. The van der Waals surface area contributed by atoms with E-state index in [-0.39, 0.29) is 6.03 Å². The van der Waals surface area contributed by atoms with Crippen LogP contribution in [0.4, 0.5) is 4.79 Å². The van der Waals surface area contributed by atoms with Crippen LogP contribution in [-0.2, 0) is 13.1 Å². The molecule has 1 aromatic rings. The summed E-state index contributed by atoms with van der Waals surface area (Å²) >= 11 is 0. The van der Waals surface area contributed by atoms with Crippen LogP contribution in [0, 0.1) is 0 Å². The SMILES string of the molecule is CCCn1cc(CNCCNC(=O)N(C)C)cn1. The molecule has 0 saturated heterocycles. The van der Waals surface area contributed by atoms with Crippen molar-refractivity contribution in [1.29, 1.82) is 0 Å². The minimum absolute atomic E-state index is 0.0624. The molecule has 1 aromatic heterocycles. The van der Waals surface area contributed by atoms with Gasteiger partial charge in [0.25, 0.3) is 0 Å². The first kappa shape index (κ1) is 14.5. The quantitative estimate of drug-likeness (QED) is 0.702. The van der Waals surface area contributed by atoms with Crippen LogP contribution in [0.1, 0.15) is 18.9 Å². The number of carbonyl (C=O) groups is 1. The highest BCUT2D eigenvalue weighted by Gasteiger charge is 2.01. The van der Waals surface area contributed by atoms with Gasteiger partial charge in [-0.25, -0.2) is 4.79 Å². The third-order valence-electron chi connectivity index (χ3n) is 2.45. The van der Waals surface area contributed by atoms with Crippen molar-refractivity contribution in [3.05, 3.63) is 18.0 Å². The first-order valence-electron chi connectivity index (χ1n) is 6.30. The molecule has 2 N–H and O–H groups in total. The van der Waals surface area contributed by atoms with Gasteiger partial charge in [-0.3, -0.25) is 4.68 Å². The van der Waals surface area contributed by atoms with Gasteiger partial charge in [-0.2, -0.15) is 5.10 Å². The van der Waals surface area contributed by atoms with Gasteiger partial charge in [-0.1, -0.05) is 6.92 Å². The molecule has 2 amide bonds. The number of nitrogens with one attached hydrogen (secondary N) is 2. The van der Waals surface area contributed by atoms with Crippen LogP contribution in [0.5, 0.6) is 0 Å². The van der Waals surface area contributed by atoms with Crippen molar-refractivity contribution in [2.75, 3.05) is 27.2 Å². The molecule has 0 spiro atoms. The molecule has 1 heterocycles. The fraction of sp³-hybridized carbons (Fsp3) is 0.667. The Hall–Kier alpha value is -1.56. The zero-order chi connectivity index (χ0) is 13.4. The minimum Gasteiger partial charge on any atom is -0.337 e. The van der Waals surface area contributed by atoms with Crippen molar-refractivity contribution in [2.45, 2.75) is 26.4 Å². The lowest BCUT2D eigenvalue weighted by molar-refractivity contribution is 0.217. The molecule has 0 saturated carbocycles. The Balaban J connectivity index is 2.12. The highest BCUT2D eigenvalue weighted by molar-refractivity contribution is 5.73. The molecule has 18 heavy (non-hydrogen) atoms. The topological polar surface area (TPSA) is 62.2 Å². The second-order valence-corrected chi connectivity index (χ2v) is 4.41. The van der Waals surface area contributed by atoms with Gasteiger partial charge in [0.15, 0.2) is 0 Å². The van der Waals surface area contributed by atoms with Crippen LogP contribution in [0.15, 0.2) is 12.4 Å². The van der Waals surface area contributed by atoms with E-state index in [4.69, 9.17) is 0 Å². The van der Waals surface area contributed by atoms with Crippen molar-refractivity contribution in [3.8, 4) is 0 Å². The Morgan fingerprint density at radius 2 is 2.22 bits per heavy atom. The van der Waals surface area contributed by atoms with Crippen molar-refractivity contribution >= 4 is 6.03 Å². The van der Waals surface area contributed by atoms with Gasteiger partial charge in [0.05, 0.1) is 6.20 Å². The maximum absolute atomic E-state index is 11.2. The average Bonchev–Trinajstić information content (AvgIpc) is 2.76. The molecular weight excluding hydrogens is 230 g/mol. The normalized spacial score (nSPS) is 10.4. The summed E-state index contributed by atoms with van der Waals surface area (Å²) in [5, 5.41) is 10.3. The molecule has 0 aromatic carbocycles. The zero-order valence-corrected chi connectivity index (χ0v) is 11.4. The third kappa shape index (κ3) is 5.18. The first-order valence-corrected chi connectivity index (χ1v) is 6.30. The molecule has 0 bridgehead atoms. The molecule has 0 radical (unpaired) electrons. The van der Waals surface area contributed by atoms with E-state index in [9.17, 15) is 4.79 Å². The Kier molecular flexibility index (Phi) is 6.21. The number of hydrogen-bond donors (Lipinski definition) is 2. The predicted octanol–water partition coefficient (Wildman–Crippen LogP) is 0.654. The summed E-state index contributed by atoms with van der Waals surface area (Å²) in [4.78, 5) is 12.7. The lowest BCUT2D eigenvalue weighted by Crippen LogP contribution is -2.38. The maximum atomic E-state index is 11.2. The first-order chi connectivity index (χ1) is 8.63. The Morgan fingerprint density at radius 1 is 1.44 bits per heavy atom. The molecule has 0 unspecified atom stereocenters. The summed E-state index contributed by atoms with van der Waals surface area (Å²) in [5.41, 5.74) is 1.17.